The summed E-state index contributed by atoms with van der Waals surface area (Å²) < 4.78 is 36.9. The second-order valence-electron chi connectivity index (χ2n) is 3.83. The van der Waals surface area contributed by atoms with E-state index in [1.165, 1.54) is 10.6 Å². The Balaban J connectivity index is 2.66. The molecule has 0 unspecified atom stereocenters. The first-order valence-corrected chi connectivity index (χ1v) is 6.83. The lowest BCUT2D eigenvalue weighted by Crippen LogP contribution is -2.01. The molecule has 0 spiro atoms. The summed E-state index contributed by atoms with van der Waals surface area (Å²) in [5.74, 6) is 0. The number of hydrogen-bond acceptors (Lipinski definition) is 3. The maximum Gasteiger partial charge on any atom is 0.350 e. The van der Waals surface area contributed by atoms with Gasteiger partial charge in [0.25, 0.3) is 0 Å². The second kappa shape index (κ2) is 4.44. The highest BCUT2D eigenvalue weighted by Gasteiger charge is 2.23. The van der Waals surface area contributed by atoms with Crippen molar-refractivity contribution in [1.29, 1.82) is 0 Å². The van der Waals surface area contributed by atoms with Crippen molar-refractivity contribution in [3.8, 4) is 0 Å². The van der Waals surface area contributed by atoms with Crippen molar-refractivity contribution in [2.75, 3.05) is 0 Å². The van der Waals surface area contributed by atoms with Gasteiger partial charge < -0.3 is 0 Å². The summed E-state index contributed by atoms with van der Waals surface area (Å²) in [5.41, 5.74) is 0.760. The van der Waals surface area contributed by atoms with E-state index in [0.29, 0.717) is 17.8 Å². The molecule has 0 saturated carbocycles. The number of unbranched alkanes of at least 4 members (excludes halogenated alkanes) is 1. The van der Waals surface area contributed by atoms with E-state index in [-0.39, 0.29) is 5.03 Å². The van der Waals surface area contributed by atoms with E-state index < -0.39 is 10.2 Å². The zero-order valence-electron chi connectivity index (χ0n) is 9.43. The highest BCUT2D eigenvalue weighted by Crippen LogP contribution is 2.21. The van der Waals surface area contributed by atoms with Crippen LogP contribution in [0.15, 0.2) is 29.4 Å². The SMILES string of the molecule is CCCCc1nc2ccccn2c1S(=O)(=O)F. The van der Waals surface area contributed by atoms with Crippen LogP contribution < -0.4 is 0 Å². The van der Waals surface area contributed by atoms with E-state index >= 15 is 0 Å². The molecule has 0 saturated heterocycles. The van der Waals surface area contributed by atoms with Crippen LogP contribution >= 0.6 is 0 Å². The minimum atomic E-state index is -4.75. The Morgan fingerprint density at radius 3 is 2.82 bits per heavy atom. The van der Waals surface area contributed by atoms with Crippen LogP contribution in [0.4, 0.5) is 3.89 Å². The largest absolute Gasteiger partial charge is 0.350 e. The molecule has 0 radical (unpaired) electrons. The van der Waals surface area contributed by atoms with Gasteiger partial charge in [-0.2, -0.15) is 8.42 Å². The zero-order chi connectivity index (χ0) is 12.5. The monoisotopic (exact) mass is 256 g/mol. The molecule has 0 aliphatic carbocycles. The number of nitrogens with zero attached hydrogens (tertiary/aromatic N) is 2. The van der Waals surface area contributed by atoms with E-state index in [9.17, 15) is 12.3 Å². The second-order valence-corrected chi connectivity index (χ2v) is 5.10. The Bertz CT molecular complexity index is 634. The van der Waals surface area contributed by atoms with Crippen LogP contribution in [0.5, 0.6) is 0 Å². The number of hydrogen-bond donors (Lipinski definition) is 0. The molecule has 2 aromatic rings. The van der Waals surface area contributed by atoms with Gasteiger partial charge in [0.05, 0.1) is 5.69 Å². The molecule has 0 amide bonds. The van der Waals surface area contributed by atoms with Gasteiger partial charge in [0.15, 0.2) is 5.03 Å². The van der Waals surface area contributed by atoms with Crippen molar-refractivity contribution in [1.82, 2.24) is 9.38 Å². The average molecular weight is 256 g/mol. The molecule has 2 rings (SSSR count). The molecule has 92 valence electrons. The number of fused-ring (bicyclic) bond motifs is 1. The lowest BCUT2D eigenvalue weighted by molar-refractivity contribution is 0.544. The molecule has 0 fully saturated rings. The summed E-state index contributed by atoms with van der Waals surface area (Å²) in [4.78, 5) is 4.16. The van der Waals surface area contributed by atoms with Crippen LogP contribution in [0.3, 0.4) is 0 Å². The zero-order valence-corrected chi connectivity index (χ0v) is 10.2. The lowest BCUT2D eigenvalue weighted by atomic mass is 10.2. The van der Waals surface area contributed by atoms with Crippen molar-refractivity contribution < 1.29 is 12.3 Å². The molecular weight excluding hydrogens is 243 g/mol. The third-order valence-corrected chi connectivity index (χ3v) is 3.45. The normalized spacial score (nSPS) is 12.1. The van der Waals surface area contributed by atoms with Gasteiger partial charge in [0.2, 0.25) is 0 Å². The molecule has 0 aliphatic rings. The van der Waals surface area contributed by atoms with Crippen LogP contribution in [0, 0.1) is 0 Å². The molecule has 0 bridgehead atoms. The fourth-order valence-electron chi connectivity index (χ4n) is 1.79. The molecule has 0 atom stereocenters. The van der Waals surface area contributed by atoms with E-state index in [4.69, 9.17) is 0 Å². The molecule has 17 heavy (non-hydrogen) atoms. The Labute approximate surface area is 99.3 Å². The number of aryl methyl sites for hydroxylation is 1. The standard InChI is InChI=1S/C11H13FN2O2S/c1-2-3-6-9-11(17(12,15)16)14-8-5-4-7-10(14)13-9/h4-5,7-8H,2-3,6H2,1H3. The first-order chi connectivity index (χ1) is 8.04. The molecule has 0 aliphatic heterocycles. The minimum Gasteiger partial charge on any atom is -0.288 e. The maximum absolute atomic E-state index is 13.3. The molecule has 0 aromatic carbocycles. The molecule has 4 nitrogen and oxygen atoms in total. The van der Waals surface area contributed by atoms with Gasteiger partial charge in [-0.05, 0) is 25.0 Å². The molecule has 2 aromatic heterocycles. The molecule has 6 heteroatoms. The van der Waals surface area contributed by atoms with Crippen molar-refractivity contribution in [2.24, 2.45) is 0 Å². The number of aromatic nitrogens is 2. The van der Waals surface area contributed by atoms with Crippen LogP contribution in [-0.4, -0.2) is 17.8 Å². The third kappa shape index (κ3) is 2.31. The summed E-state index contributed by atoms with van der Waals surface area (Å²) in [6.45, 7) is 1.99. The van der Waals surface area contributed by atoms with Gasteiger partial charge in [0, 0.05) is 6.20 Å². The number of pyridine rings is 1. The van der Waals surface area contributed by atoms with Crippen molar-refractivity contribution in [3.63, 3.8) is 0 Å². The Hall–Kier alpha value is -1.43. The first-order valence-electron chi connectivity index (χ1n) is 5.44. The van der Waals surface area contributed by atoms with E-state index in [1.807, 2.05) is 6.92 Å². The minimum absolute atomic E-state index is 0.306. The van der Waals surface area contributed by atoms with Gasteiger partial charge in [-0.25, -0.2) is 4.98 Å². The molecular formula is C11H13FN2O2S. The van der Waals surface area contributed by atoms with Crippen LogP contribution in [0.1, 0.15) is 25.5 Å². The van der Waals surface area contributed by atoms with Crippen LogP contribution in [-0.2, 0) is 16.6 Å². The first kappa shape index (κ1) is 12.0. The topological polar surface area (TPSA) is 51.4 Å². The van der Waals surface area contributed by atoms with Gasteiger partial charge in [-0.15, -0.1) is 0 Å². The van der Waals surface area contributed by atoms with Gasteiger partial charge in [0.1, 0.15) is 5.65 Å². The van der Waals surface area contributed by atoms with Gasteiger partial charge in [-0.3, -0.25) is 4.40 Å². The summed E-state index contributed by atoms with van der Waals surface area (Å²) >= 11 is 0. The summed E-state index contributed by atoms with van der Waals surface area (Å²) in [6, 6.07) is 5.04. The Morgan fingerprint density at radius 2 is 2.18 bits per heavy atom. The van der Waals surface area contributed by atoms with Crippen LogP contribution in [0.25, 0.3) is 5.65 Å². The van der Waals surface area contributed by atoms with Crippen molar-refractivity contribution >= 4 is 15.9 Å². The van der Waals surface area contributed by atoms with E-state index in [2.05, 4.69) is 4.98 Å². The number of rotatable bonds is 4. The summed E-state index contributed by atoms with van der Waals surface area (Å²) in [7, 11) is -4.75. The van der Waals surface area contributed by atoms with Gasteiger partial charge in [-0.1, -0.05) is 23.3 Å². The predicted molar refractivity (Wildman–Crippen MR) is 62.1 cm³/mol. The summed E-state index contributed by atoms with van der Waals surface area (Å²) in [6.07, 6.45) is 3.66. The summed E-state index contributed by atoms with van der Waals surface area (Å²) in [5, 5.41) is -0.332. The maximum atomic E-state index is 13.3. The Morgan fingerprint density at radius 1 is 1.41 bits per heavy atom. The third-order valence-electron chi connectivity index (χ3n) is 2.55. The Kier molecular flexibility index (Phi) is 3.15. The smallest absolute Gasteiger partial charge is 0.288 e. The number of halogens is 1. The number of imidazole rings is 1. The average Bonchev–Trinajstić information content (AvgIpc) is 2.63. The molecule has 2 heterocycles. The molecule has 0 N–H and O–H groups in total. The fourth-order valence-corrected chi connectivity index (χ4v) is 2.61. The van der Waals surface area contributed by atoms with Crippen molar-refractivity contribution in [2.45, 2.75) is 31.2 Å². The predicted octanol–water partition coefficient (Wildman–Crippen LogP) is 2.34. The van der Waals surface area contributed by atoms with E-state index in [1.54, 1.807) is 18.2 Å². The van der Waals surface area contributed by atoms with Gasteiger partial charge >= 0.3 is 10.2 Å². The quantitative estimate of drug-likeness (QED) is 0.789. The lowest BCUT2D eigenvalue weighted by Gasteiger charge is -1.99. The van der Waals surface area contributed by atoms with E-state index in [0.717, 1.165) is 12.8 Å². The van der Waals surface area contributed by atoms with Crippen LogP contribution in [0.2, 0.25) is 0 Å². The highest BCUT2D eigenvalue weighted by molar-refractivity contribution is 7.86. The highest BCUT2D eigenvalue weighted by atomic mass is 32.3. The fraction of sp³-hybridized carbons (Fsp3) is 0.364. The van der Waals surface area contributed by atoms with Crippen molar-refractivity contribution in [3.05, 3.63) is 30.1 Å².